The molecular formula is C17H21NO5. The van der Waals surface area contributed by atoms with Crippen molar-refractivity contribution in [1.82, 2.24) is 5.48 Å². The zero-order valence-corrected chi connectivity index (χ0v) is 13.4. The molecule has 1 N–H and O–H groups in total. The molecular weight excluding hydrogens is 298 g/mol. The predicted molar refractivity (Wildman–Crippen MR) is 86.0 cm³/mol. The van der Waals surface area contributed by atoms with Gasteiger partial charge in [-0.15, -0.1) is 5.92 Å². The number of hydrogen-bond acceptors (Lipinski definition) is 5. The Hall–Kier alpha value is -2.49. The van der Waals surface area contributed by atoms with Gasteiger partial charge in [-0.3, -0.25) is 9.63 Å². The summed E-state index contributed by atoms with van der Waals surface area (Å²) in [6.45, 7) is 6.38. The largest absolute Gasteiger partial charge is 0.487 e. The number of hydrogen-bond donors (Lipinski definition) is 1. The number of carbonyl (C=O) groups is 1. The number of hydroxylamine groups is 1. The maximum Gasteiger partial charge on any atom is 0.272 e. The Balaban J connectivity index is 2.31. The molecule has 0 saturated heterocycles. The van der Waals surface area contributed by atoms with Gasteiger partial charge in [0, 0.05) is 5.57 Å². The zero-order valence-electron chi connectivity index (χ0n) is 13.4. The lowest BCUT2D eigenvalue weighted by atomic mass is 10.3. The highest BCUT2D eigenvalue weighted by Crippen LogP contribution is 2.26. The van der Waals surface area contributed by atoms with Crippen LogP contribution < -0.4 is 15.0 Å². The van der Waals surface area contributed by atoms with Crippen LogP contribution in [0, 0.1) is 11.8 Å². The maximum absolute atomic E-state index is 11.3. The van der Waals surface area contributed by atoms with Crippen LogP contribution in [0.3, 0.4) is 0 Å². The summed E-state index contributed by atoms with van der Waals surface area (Å²) in [5.74, 6) is 6.41. The third kappa shape index (κ3) is 7.36. The molecule has 124 valence electrons. The Morgan fingerprint density at radius 3 is 2.57 bits per heavy atom. The van der Waals surface area contributed by atoms with Crippen LogP contribution in [0.1, 0.15) is 6.92 Å². The molecule has 0 bridgehead atoms. The highest BCUT2D eigenvalue weighted by molar-refractivity contribution is 5.92. The van der Waals surface area contributed by atoms with E-state index in [1.54, 1.807) is 13.0 Å². The van der Waals surface area contributed by atoms with E-state index < -0.39 is 5.91 Å². The predicted octanol–water partition coefficient (Wildman–Crippen LogP) is 1.72. The van der Waals surface area contributed by atoms with Gasteiger partial charge >= 0.3 is 0 Å². The molecule has 0 aliphatic heterocycles. The molecule has 0 saturated carbocycles. The fourth-order valence-corrected chi connectivity index (χ4v) is 1.51. The van der Waals surface area contributed by atoms with E-state index in [4.69, 9.17) is 14.2 Å². The SMILES string of the molecule is C=C(COCCOc1ccccc1OCC#CC)C(=O)NOC. The van der Waals surface area contributed by atoms with Gasteiger partial charge in [0.15, 0.2) is 11.5 Å². The van der Waals surface area contributed by atoms with Crippen molar-refractivity contribution in [3.05, 3.63) is 36.4 Å². The highest BCUT2D eigenvalue weighted by Gasteiger charge is 2.07. The van der Waals surface area contributed by atoms with Gasteiger partial charge in [-0.25, -0.2) is 5.48 Å². The van der Waals surface area contributed by atoms with E-state index in [2.05, 4.69) is 28.7 Å². The monoisotopic (exact) mass is 319 g/mol. The molecule has 23 heavy (non-hydrogen) atoms. The number of para-hydroxylation sites is 2. The average molecular weight is 319 g/mol. The lowest BCUT2D eigenvalue weighted by molar-refractivity contribution is -0.128. The lowest BCUT2D eigenvalue weighted by Crippen LogP contribution is -2.25. The fourth-order valence-electron chi connectivity index (χ4n) is 1.51. The van der Waals surface area contributed by atoms with E-state index in [0.29, 0.717) is 31.3 Å². The average Bonchev–Trinajstić information content (AvgIpc) is 2.56. The second-order valence-corrected chi connectivity index (χ2v) is 4.30. The van der Waals surface area contributed by atoms with Crippen LogP contribution >= 0.6 is 0 Å². The van der Waals surface area contributed by atoms with Crippen molar-refractivity contribution in [1.29, 1.82) is 0 Å². The summed E-state index contributed by atoms with van der Waals surface area (Å²) >= 11 is 0. The minimum atomic E-state index is -0.413. The molecule has 1 amide bonds. The molecule has 0 aliphatic carbocycles. The van der Waals surface area contributed by atoms with Crippen molar-refractivity contribution in [3.63, 3.8) is 0 Å². The van der Waals surface area contributed by atoms with Gasteiger partial charge < -0.3 is 14.2 Å². The summed E-state index contributed by atoms with van der Waals surface area (Å²) in [5, 5.41) is 0. The van der Waals surface area contributed by atoms with Crippen molar-refractivity contribution < 1.29 is 23.8 Å². The van der Waals surface area contributed by atoms with Crippen molar-refractivity contribution >= 4 is 5.91 Å². The minimum absolute atomic E-state index is 0.1000. The van der Waals surface area contributed by atoms with Crippen LogP contribution in [0.15, 0.2) is 36.4 Å². The summed E-state index contributed by atoms with van der Waals surface area (Å²) in [6.07, 6.45) is 0. The Labute approximate surface area is 136 Å². The molecule has 0 atom stereocenters. The molecule has 0 radical (unpaired) electrons. The first-order chi connectivity index (χ1) is 11.2. The quantitative estimate of drug-likeness (QED) is 0.308. The van der Waals surface area contributed by atoms with Crippen LogP contribution in [0.4, 0.5) is 0 Å². The summed E-state index contributed by atoms with van der Waals surface area (Å²) < 4.78 is 16.4. The molecule has 6 heteroatoms. The normalized spacial score (nSPS) is 9.48. The highest BCUT2D eigenvalue weighted by atomic mass is 16.6. The summed E-state index contributed by atoms with van der Waals surface area (Å²) in [6, 6.07) is 7.33. The summed E-state index contributed by atoms with van der Waals surface area (Å²) in [5.41, 5.74) is 2.44. The van der Waals surface area contributed by atoms with E-state index in [1.807, 2.05) is 18.2 Å². The number of ether oxygens (including phenoxy) is 3. The van der Waals surface area contributed by atoms with Crippen molar-refractivity contribution in [2.24, 2.45) is 0 Å². The number of benzene rings is 1. The van der Waals surface area contributed by atoms with Crippen molar-refractivity contribution in [2.75, 3.05) is 33.5 Å². The third-order valence-electron chi connectivity index (χ3n) is 2.60. The van der Waals surface area contributed by atoms with Gasteiger partial charge in [-0.2, -0.15) is 0 Å². The fraction of sp³-hybridized carbons (Fsp3) is 0.353. The van der Waals surface area contributed by atoms with Crippen LogP contribution in [0.25, 0.3) is 0 Å². The number of carbonyl (C=O) groups excluding carboxylic acids is 1. The molecule has 1 aromatic rings. The van der Waals surface area contributed by atoms with Crippen LogP contribution in [0.2, 0.25) is 0 Å². The van der Waals surface area contributed by atoms with Gasteiger partial charge in [-0.1, -0.05) is 24.6 Å². The first-order valence-corrected chi connectivity index (χ1v) is 7.02. The first kappa shape index (κ1) is 18.6. The summed E-state index contributed by atoms with van der Waals surface area (Å²) in [7, 11) is 1.35. The Bertz CT molecular complexity index is 574. The molecule has 6 nitrogen and oxygen atoms in total. The molecule has 0 aromatic heterocycles. The number of rotatable bonds is 10. The molecule has 1 aromatic carbocycles. The van der Waals surface area contributed by atoms with E-state index >= 15 is 0 Å². The van der Waals surface area contributed by atoms with Gasteiger partial charge in [0.05, 0.1) is 20.3 Å². The second-order valence-electron chi connectivity index (χ2n) is 4.30. The molecule has 0 unspecified atom stereocenters. The van der Waals surface area contributed by atoms with E-state index in [1.165, 1.54) is 7.11 Å². The Morgan fingerprint density at radius 2 is 1.91 bits per heavy atom. The van der Waals surface area contributed by atoms with E-state index in [9.17, 15) is 4.79 Å². The standard InChI is InChI=1S/C17H21NO5/c1-4-5-10-22-15-8-6-7-9-16(15)23-12-11-21-13-14(2)17(19)18-20-3/h6-9H,2,10-13H2,1,3H3,(H,18,19). The molecule has 0 spiro atoms. The van der Waals surface area contributed by atoms with Crippen molar-refractivity contribution in [3.8, 4) is 23.3 Å². The van der Waals surface area contributed by atoms with E-state index in [0.717, 1.165) is 0 Å². The topological polar surface area (TPSA) is 66.0 Å². The molecule has 0 fully saturated rings. The van der Waals surface area contributed by atoms with Crippen LogP contribution in [-0.2, 0) is 14.4 Å². The smallest absolute Gasteiger partial charge is 0.272 e. The van der Waals surface area contributed by atoms with Gasteiger partial charge in [-0.05, 0) is 19.1 Å². The molecule has 0 aliphatic rings. The minimum Gasteiger partial charge on any atom is -0.487 e. The molecule has 1 rings (SSSR count). The second kappa shape index (κ2) is 11.1. The number of amides is 1. The maximum atomic E-state index is 11.3. The first-order valence-electron chi connectivity index (χ1n) is 7.02. The van der Waals surface area contributed by atoms with E-state index in [-0.39, 0.29) is 12.2 Å². The third-order valence-corrected chi connectivity index (χ3v) is 2.60. The summed E-state index contributed by atoms with van der Waals surface area (Å²) in [4.78, 5) is 15.8. The van der Waals surface area contributed by atoms with Crippen LogP contribution in [-0.4, -0.2) is 39.4 Å². The van der Waals surface area contributed by atoms with Crippen molar-refractivity contribution in [2.45, 2.75) is 6.92 Å². The molecule has 0 heterocycles. The number of nitrogens with one attached hydrogen (secondary N) is 1. The van der Waals surface area contributed by atoms with Gasteiger partial charge in [0.2, 0.25) is 0 Å². The van der Waals surface area contributed by atoms with Crippen LogP contribution in [0.5, 0.6) is 11.5 Å². The zero-order chi connectivity index (χ0) is 16.9. The van der Waals surface area contributed by atoms with Gasteiger partial charge in [0.25, 0.3) is 5.91 Å². The lowest BCUT2D eigenvalue weighted by Gasteiger charge is -2.11. The van der Waals surface area contributed by atoms with Gasteiger partial charge in [0.1, 0.15) is 13.2 Å². The Kier molecular flexibility index (Phi) is 8.98. The Morgan fingerprint density at radius 1 is 1.22 bits per heavy atom.